The Morgan fingerprint density at radius 3 is 2.32 bits per heavy atom. The zero-order valence-electron chi connectivity index (χ0n) is 11.1. The van der Waals surface area contributed by atoms with Gasteiger partial charge in [0.15, 0.2) is 0 Å². The van der Waals surface area contributed by atoms with Crippen LogP contribution in [-0.2, 0) is 25.7 Å². The zero-order chi connectivity index (χ0) is 14.1. The minimum atomic E-state index is -0.319. The molecule has 0 unspecified atom stereocenters. The summed E-state index contributed by atoms with van der Waals surface area (Å²) < 4.78 is 5.35. The van der Waals surface area contributed by atoms with Gasteiger partial charge in [-0.3, -0.25) is 14.4 Å². The molecule has 0 radical (unpaired) electrons. The van der Waals surface area contributed by atoms with Crippen LogP contribution in [0.25, 0.3) is 0 Å². The largest absolute Gasteiger partial charge is 0.376 e. The second kappa shape index (κ2) is 8.32. The van der Waals surface area contributed by atoms with Crippen LogP contribution in [-0.4, -0.2) is 24.0 Å². The van der Waals surface area contributed by atoms with E-state index in [0.717, 1.165) is 5.56 Å². The number of ether oxygens (including phenoxy) is 1. The summed E-state index contributed by atoms with van der Waals surface area (Å²) >= 11 is 0. The minimum absolute atomic E-state index is 0.156. The summed E-state index contributed by atoms with van der Waals surface area (Å²) in [6, 6.07) is 9.65. The van der Waals surface area contributed by atoms with Crippen LogP contribution < -0.4 is 0 Å². The summed E-state index contributed by atoms with van der Waals surface area (Å²) in [6.45, 7) is 2.09. The smallest absolute Gasteiger partial charge is 0.147 e. The van der Waals surface area contributed by atoms with Gasteiger partial charge < -0.3 is 4.74 Å². The van der Waals surface area contributed by atoms with Crippen molar-refractivity contribution in [2.24, 2.45) is 0 Å². The van der Waals surface area contributed by atoms with E-state index in [-0.39, 0.29) is 36.6 Å². The van der Waals surface area contributed by atoms with Crippen molar-refractivity contribution >= 4 is 17.3 Å². The molecule has 0 atom stereocenters. The number of benzene rings is 1. The van der Waals surface area contributed by atoms with Gasteiger partial charge in [-0.1, -0.05) is 30.3 Å². The molecule has 102 valence electrons. The van der Waals surface area contributed by atoms with E-state index in [1.807, 2.05) is 30.3 Å². The number of hydrogen-bond donors (Lipinski definition) is 0. The fourth-order valence-electron chi connectivity index (χ4n) is 1.60. The number of hydrogen-bond acceptors (Lipinski definition) is 4. The van der Waals surface area contributed by atoms with Crippen molar-refractivity contribution in [3.8, 4) is 0 Å². The van der Waals surface area contributed by atoms with Gasteiger partial charge in [-0.25, -0.2) is 0 Å². The van der Waals surface area contributed by atoms with E-state index in [9.17, 15) is 14.4 Å². The fourth-order valence-corrected chi connectivity index (χ4v) is 1.60. The Morgan fingerprint density at radius 1 is 1.00 bits per heavy atom. The molecule has 0 aliphatic rings. The van der Waals surface area contributed by atoms with Crippen molar-refractivity contribution in [2.75, 3.05) is 6.61 Å². The maximum Gasteiger partial charge on any atom is 0.147 e. The molecule has 0 spiro atoms. The van der Waals surface area contributed by atoms with E-state index >= 15 is 0 Å². The molecule has 0 amide bonds. The third kappa shape index (κ3) is 7.26. The topological polar surface area (TPSA) is 60.4 Å². The molecule has 1 aromatic carbocycles. The third-order valence-corrected chi connectivity index (χ3v) is 2.48. The van der Waals surface area contributed by atoms with Gasteiger partial charge in [0.25, 0.3) is 0 Å². The second-order valence-electron chi connectivity index (χ2n) is 4.42. The summed E-state index contributed by atoms with van der Waals surface area (Å²) in [4.78, 5) is 33.4. The molecule has 0 saturated carbocycles. The van der Waals surface area contributed by atoms with Gasteiger partial charge in [-0.2, -0.15) is 0 Å². The molecule has 0 heterocycles. The molecule has 0 fully saturated rings. The van der Waals surface area contributed by atoms with Crippen LogP contribution in [0.15, 0.2) is 30.3 Å². The molecule has 4 heteroatoms. The first-order chi connectivity index (χ1) is 9.08. The molecule has 0 aromatic heterocycles. The zero-order valence-corrected chi connectivity index (χ0v) is 11.1. The Balaban J connectivity index is 2.14. The monoisotopic (exact) mass is 262 g/mol. The minimum Gasteiger partial charge on any atom is -0.376 e. The van der Waals surface area contributed by atoms with Gasteiger partial charge in [0.05, 0.1) is 26.1 Å². The van der Waals surface area contributed by atoms with Crippen LogP contribution in [0, 0.1) is 0 Å². The SMILES string of the molecule is CC(=O)CC(=O)CC(=O)CCOCc1ccccc1. The second-order valence-corrected chi connectivity index (χ2v) is 4.42. The van der Waals surface area contributed by atoms with Gasteiger partial charge in [0, 0.05) is 6.42 Å². The molecule has 4 nitrogen and oxygen atoms in total. The van der Waals surface area contributed by atoms with Crippen molar-refractivity contribution in [1.82, 2.24) is 0 Å². The van der Waals surface area contributed by atoms with Crippen molar-refractivity contribution in [2.45, 2.75) is 32.8 Å². The van der Waals surface area contributed by atoms with Gasteiger partial charge >= 0.3 is 0 Å². The maximum absolute atomic E-state index is 11.4. The number of rotatable bonds is 9. The molecule has 0 bridgehead atoms. The van der Waals surface area contributed by atoms with E-state index in [4.69, 9.17) is 4.74 Å². The summed E-state index contributed by atoms with van der Waals surface area (Å²) in [7, 11) is 0. The predicted octanol–water partition coefficient (Wildman–Crippen LogP) is 2.10. The lowest BCUT2D eigenvalue weighted by Gasteiger charge is -2.03. The van der Waals surface area contributed by atoms with Crippen LogP contribution in [0.3, 0.4) is 0 Å². The predicted molar refractivity (Wildman–Crippen MR) is 70.6 cm³/mol. The fraction of sp³-hybridized carbons (Fsp3) is 0.400. The van der Waals surface area contributed by atoms with Crippen molar-refractivity contribution in [3.05, 3.63) is 35.9 Å². The Labute approximate surface area is 112 Å². The lowest BCUT2D eigenvalue weighted by atomic mass is 10.1. The first kappa shape index (κ1) is 15.2. The first-order valence-corrected chi connectivity index (χ1v) is 6.22. The van der Waals surface area contributed by atoms with Crippen LogP contribution in [0.5, 0.6) is 0 Å². The maximum atomic E-state index is 11.4. The summed E-state index contributed by atoms with van der Waals surface area (Å²) in [5, 5.41) is 0. The summed E-state index contributed by atoms with van der Waals surface area (Å²) in [5.41, 5.74) is 1.04. The first-order valence-electron chi connectivity index (χ1n) is 6.22. The molecule has 1 rings (SSSR count). The quantitative estimate of drug-likeness (QED) is 0.505. The number of carbonyl (C=O) groups is 3. The van der Waals surface area contributed by atoms with Crippen molar-refractivity contribution < 1.29 is 19.1 Å². The van der Waals surface area contributed by atoms with Crippen LogP contribution in [0.2, 0.25) is 0 Å². The summed E-state index contributed by atoms with van der Waals surface area (Å²) in [6.07, 6.45) is -0.124. The van der Waals surface area contributed by atoms with E-state index in [2.05, 4.69) is 0 Å². The Kier molecular flexibility index (Phi) is 6.68. The molecule has 0 N–H and O–H groups in total. The highest BCUT2D eigenvalue weighted by Gasteiger charge is 2.11. The normalized spacial score (nSPS) is 10.2. The van der Waals surface area contributed by atoms with Gasteiger partial charge in [-0.15, -0.1) is 0 Å². The van der Waals surface area contributed by atoms with Gasteiger partial charge in [-0.05, 0) is 12.5 Å². The highest BCUT2D eigenvalue weighted by atomic mass is 16.5. The molecule has 19 heavy (non-hydrogen) atoms. The Bertz CT molecular complexity index is 437. The van der Waals surface area contributed by atoms with Crippen molar-refractivity contribution in [3.63, 3.8) is 0 Å². The molecule has 0 aliphatic carbocycles. The van der Waals surface area contributed by atoms with E-state index in [1.165, 1.54) is 6.92 Å². The van der Waals surface area contributed by atoms with Gasteiger partial charge in [0.2, 0.25) is 0 Å². The highest BCUT2D eigenvalue weighted by molar-refractivity contribution is 6.06. The van der Waals surface area contributed by atoms with Crippen LogP contribution in [0.4, 0.5) is 0 Å². The number of Topliss-reactive ketones (excluding diaryl/α,β-unsaturated/α-hetero) is 3. The molecule has 0 aliphatic heterocycles. The molecule has 1 aromatic rings. The Morgan fingerprint density at radius 2 is 1.68 bits per heavy atom. The van der Waals surface area contributed by atoms with E-state index in [1.54, 1.807) is 0 Å². The lowest BCUT2D eigenvalue weighted by Crippen LogP contribution is -2.12. The number of ketones is 3. The Hall–Kier alpha value is -1.81. The van der Waals surface area contributed by atoms with Crippen LogP contribution >= 0.6 is 0 Å². The molecular weight excluding hydrogens is 244 g/mol. The van der Waals surface area contributed by atoms with E-state index < -0.39 is 0 Å². The average molecular weight is 262 g/mol. The summed E-state index contributed by atoms with van der Waals surface area (Å²) in [5.74, 6) is -0.710. The highest BCUT2D eigenvalue weighted by Crippen LogP contribution is 2.02. The van der Waals surface area contributed by atoms with Crippen LogP contribution in [0.1, 0.15) is 31.7 Å². The third-order valence-electron chi connectivity index (χ3n) is 2.48. The molecular formula is C15H18O4. The average Bonchev–Trinajstić information content (AvgIpc) is 2.35. The lowest BCUT2D eigenvalue weighted by molar-refractivity contribution is -0.129. The van der Waals surface area contributed by atoms with E-state index in [0.29, 0.717) is 13.2 Å². The van der Waals surface area contributed by atoms with Crippen molar-refractivity contribution in [1.29, 1.82) is 0 Å². The molecule has 0 saturated heterocycles. The number of carbonyl (C=O) groups excluding carboxylic acids is 3. The standard InChI is InChI=1S/C15H18O4/c1-12(16)9-15(18)10-14(17)7-8-19-11-13-5-3-2-4-6-13/h2-6H,7-11H2,1H3. The van der Waals surface area contributed by atoms with Gasteiger partial charge in [0.1, 0.15) is 17.3 Å².